The van der Waals surface area contributed by atoms with Gasteiger partial charge in [-0.05, 0) is 57.4 Å². The molecule has 0 spiro atoms. The van der Waals surface area contributed by atoms with Gasteiger partial charge in [0.15, 0.2) is 5.28 Å². The molecule has 1 fully saturated rings. The largest absolute Gasteiger partial charge is 0.453 e. The van der Waals surface area contributed by atoms with E-state index in [1.54, 1.807) is 48.5 Å². The van der Waals surface area contributed by atoms with Crippen LogP contribution in [0.15, 0.2) is 60.7 Å². The first-order valence-electron chi connectivity index (χ1n) is 8.90. The van der Waals surface area contributed by atoms with Gasteiger partial charge in [0.05, 0.1) is 0 Å². The van der Waals surface area contributed by atoms with E-state index in [0.717, 1.165) is 5.06 Å². The molecule has 0 N–H and O–H groups in total. The molecule has 1 radical (unpaired) electrons. The van der Waals surface area contributed by atoms with E-state index in [4.69, 9.17) is 9.05 Å². The molecule has 1 unspecified atom stereocenters. The third-order valence-corrected chi connectivity index (χ3v) is 7.72. The Balaban J connectivity index is 2.06. The van der Waals surface area contributed by atoms with Gasteiger partial charge in [-0.25, -0.2) is 4.57 Å². The quantitative estimate of drug-likeness (QED) is 0.612. The van der Waals surface area contributed by atoms with Crippen LogP contribution in [0.2, 0.25) is 0 Å². The number of hydrogen-bond donors (Lipinski definition) is 0. The van der Waals surface area contributed by atoms with Gasteiger partial charge in [0, 0.05) is 5.54 Å². The van der Waals surface area contributed by atoms with Crippen LogP contribution in [0.25, 0.3) is 0 Å². The third-order valence-electron chi connectivity index (χ3n) is 5.08. The molecule has 1 heterocycles. The molecule has 0 bridgehead atoms. The van der Waals surface area contributed by atoms with Crippen molar-refractivity contribution in [3.8, 4) is 11.5 Å². The molecule has 2 aromatic rings. The molecule has 6 heteroatoms. The van der Waals surface area contributed by atoms with E-state index in [-0.39, 0.29) is 0 Å². The van der Waals surface area contributed by atoms with E-state index >= 15 is 0 Å². The Hall–Kier alpha value is -1.81. The Morgan fingerprint density at radius 2 is 1.38 bits per heavy atom. The Morgan fingerprint density at radius 1 is 0.923 bits per heavy atom. The zero-order valence-electron chi connectivity index (χ0n) is 15.4. The van der Waals surface area contributed by atoms with Crippen LogP contribution in [0, 0.1) is 0 Å². The Bertz CT molecular complexity index is 735. The molecule has 1 aliphatic rings. The molecule has 5 nitrogen and oxygen atoms in total. The van der Waals surface area contributed by atoms with Crippen LogP contribution < -0.4 is 9.05 Å². The molecule has 2 aromatic carbocycles. The lowest BCUT2D eigenvalue weighted by atomic mass is 10.0. The number of para-hydroxylation sites is 2. The summed E-state index contributed by atoms with van der Waals surface area (Å²) in [6, 6.07) is 17.8. The van der Waals surface area contributed by atoms with Crippen LogP contribution in [0.1, 0.15) is 40.0 Å². The van der Waals surface area contributed by atoms with E-state index in [9.17, 15) is 9.77 Å². The summed E-state index contributed by atoms with van der Waals surface area (Å²) in [6.07, 6.45) is 1.46. The molecule has 3 rings (SSSR count). The van der Waals surface area contributed by atoms with Crippen molar-refractivity contribution < 1.29 is 18.8 Å². The zero-order valence-corrected chi connectivity index (χ0v) is 16.3. The summed E-state index contributed by atoms with van der Waals surface area (Å²) in [7, 11) is -3.86. The highest BCUT2D eigenvalue weighted by atomic mass is 31.2. The van der Waals surface area contributed by atoms with Crippen LogP contribution in [0.4, 0.5) is 0 Å². The minimum absolute atomic E-state index is 0.372. The van der Waals surface area contributed by atoms with Crippen molar-refractivity contribution >= 4 is 7.60 Å². The lowest BCUT2D eigenvalue weighted by Crippen LogP contribution is -2.49. The summed E-state index contributed by atoms with van der Waals surface area (Å²) < 4.78 is 26.0. The second-order valence-corrected chi connectivity index (χ2v) is 9.44. The highest BCUT2D eigenvalue weighted by molar-refractivity contribution is 7.56. The first-order chi connectivity index (χ1) is 12.3. The summed E-state index contributed by atoms with van der Waals surface area (Å²) in [4.78, 5) is 0. The summed E-state index contributed by atoms with van der Waals surface area (Å²) >= 11 is 0. The highest BCUT2D eigenvalue weighted by Crippen LogP contribution is 2.67. The van der Waals surface area contributed by atoms with Crippen LogP contribution >= 0.6 is 7.60 Å². The topological polar surface area (TPSA) is 58.7 Å². The molecule has 0 amide bonds. The average molecular weight is 374 g/mol. The van der Waals surface area contributed by atoms with Crippen molar-refractivity contribution in [3.05, 3.63) is 60.7 Å². The molecule has 1 atom stereocenters. The van der Waals surface area contributed by atoms with Crippen molar-refractivity contribution in [2.45, 2.75) is 50.9 Å². The number of rotatable bonds is 6. The monoisotopic (exact) mass is 374 g/mol. The van der Waals surface area contributed by atoms with Crippen LogP contribution in [0.5, 0.6) is 11.5 Å². The van der Waals surface area contributed by atoms with Gasteiger partial charge >= 0.3 is 7.60 Å². The predicted octanol–water partition coefficient (Wildman–Crippen LogP) is 5.66. The van der Waals surface area contributed by atoms with Crippen molar-refractivity contribution in [1.29, 1.82) is 0 Å². The lowest BCUT2D eigenvalue weighted by molar-refractivity contribution is -0.235. The fourth-order valence-corrected chi connectivity index (χ4v) is 5.91. The first kappa shape index (κ1) is 19.0. The maximum absolute atomic E-state index is 14.1. The van der Waals surface area contributed by atoms with Crippen LogP contribution in [0.3, 0.4) is 0 Å². The van der Waals surface area contributed by atoms with Gasteiger partial charge in [-0.1, -0.05) is 43.3 Å². The fraction of sp³-hybridized carbons (Fsp3) is 0.400. The van der Waals surface area contributed by atoms with E-state index in [0.29, 0.717) is 30.8 Å². The molecule has 139 valence electrons. The number of hydroxylamine groups is 2. The molecular weight excluding hydrogens is 349 g/mol. The van der Waals surface area contributed by atoms with E-state index in [2.05, 4.69) is 0 Å². The standard InChI is InChI=1S/C20H25NO4P/c1-4-20(16-15-19(2,3)21(20)22)26(23,24-17-11-7-5-8-12-17)25-18-13-9-6-10-14-18/h5-14H,4,15-16H2,1-3H3. The zero-order chi connectivity index (χ0) is 18.8. The Labute approximate surface area is 155 Å². The molecular formula is C20H25NO4P. The van der Waals surface area contributed by atoms with Crippen LogP contribution in [-0.2, 0) is 9.77 Å². The Kier molecular flexibility index (Phi) is 5.16. The second-order valence-electron chi connectivity index (χ2n) is 7.25. The Morgan fingerprint density at radius 3 is 1.73 bits per heavy atom. The minimum atomic E-state index is -3.86. The molecule has 0 saturated carbocycles. The molecule has 0 aromatic heterocycles. The average Bonchev–Trinajstić information content (AvgIpc) is 2.87. The summed E-state index contributed by atoms with van der Waals surface area (Å²) in [5, 5.41) is 12.9. The maximum atomic E-state index is 14.1. The number of nitrogens with zero attached hydrogens (tertiary/aromatic N) is 1. The maximum Gasteiger partial charge on any atom is 0.453 e. The number of benzene rings is 2. The SMILES string of the molecule is CCC1(P(=O)(Oc2ccccc2)Oc2ccccc2)CCC(C)(C)N1[O]. The lowest BCUT2D eigenvalue weighted by Gasteiger charge is -2.40. The molecule has 1 aliphatic heterocycles. The van der Waals surface area contributed by atoms with Gasteiger partial charge in [-0.3, -0.25) is 0 Å². The second kappa shape index (κ2) is 7.07. The van der Waals surface area contributed by atoms with Gasteiger partial charge in [-0.15, -0.1) is 10.3 Å². The van der Waals surface area contributed by atoms with Crippen LogP contribution in [-0.4, -0.2) is 15.9 Å². The van der Waals surface area contributed by atoms with Gasteiger partial charge in [0.2, 0.25) is 0 Å². The van der Waals surface area contributed by atoms with Crippen molar-refractivity contribution in [3.63, 3.8) is 0 Å². The first-order valence-corrected chi connectivity index (χ1v) is 10.4. The highest BCUT2D eigenvalue weighted by Gasteiger charge is 2.64. The van der Waals surface area contributed by atoms with Crippen molar-refractivity contribution in [2.75, 3.05) is 0 Å². The third kappa shape index (κ3) is 3.27. The predicted molar refractivity (Wildman–Crippen MR) is 101 cm³/mol. The van der Waals surface area contributed by atoms with Gasteiger partial charge < -0.3 is 9.05 Å². The van der Waals surface area contributed by atoms with Gasteiger partial charge in [-0.2, -0.15) is 0 Å². The minimum Gasteiger partial charge on any atom is -0.415 e. The van der Waals surface area contributed by atoms with E-state index in [1.807, 2.05) is 32.9 Å². The molecule has 1 saturated heterocycles. The summed E-state index contributed by atoms with van der Waals surface area (Å²) in [5.41, 5.74) is -0.619. The summed E-state index contributed by atoms with van der Waals surface area (Å²) in [5.74, 6) is 0.857. The van der Waals surface area contributed by atoms with Gasteiger partial charge in [0.25, 0.3) is 0 Å². The molecule has 26 heavy (non-hydrogen) atoms. The summed E-state index contributed by atoms with van der Waals surface area (Å²) in [6.45, 7) is 5.60. The fourth-order valence-electron chi connectivity index (χ4n) is 3.46. The van der Waals surface area contributed by atoms with Crippen molar-refractivity contribution in [2.24, 2.45) is 0 Å². The van der Waals surface area contributed by atoms with Gasteiger partial charge in [0.1, 0.15) is 11.5 Å². The number of hydrogen-bond acceptors (Lipinski definition) is 4. The van der Waals surface area contributed by atoms with Crippen molar-refractivity contribution in [1.82, 2.24) is 5.06 Å². The smallest absolute Gasteiger partial charge is 0.415 e. The normalized spacial score (nSPS) is 22.9. The van der Waals surface area contributed by atoms with E-state index in [1.165, 1.54) is 0 Å². The van der Waals surface area contributed by atoms with E-state index < -0.39 is 18.4 Å². The molecule has 0 aliphatic carbocycles.